The summed E-state index contributed by atoms with van der Waals surface area (Å²) in [5.74, 6) is 2.47. The lowest BCUT2D eigenvalue weighted by molar-refractivity contribution is 0.112. The number of hydrogen-bond acceptors (Lipinski definition) is 6. The van der Waals surface area contributed by atoms with Crippen molar-refractivity contribution in [1.29, 1.82) is 0 Å². The molecular formula is C66H65NO4SSi2. The molecule has 0 amide bonds. The minimum absolute atomic E-state index is 0.171. The Balaban J connectivity index is 1.07. The molecule has 372 valence electrons. The Bertz CT molecular complexity index is 3020. The van der Waals surface area contributed by atoms with Crippen LogP contribution < -0.4 is 39.2 Å². The van der Waals surface area contributed by atoms with E-state index >= 15 is 0 Å². The summed E-state index contributed by atoms with van der Waals surface area (Å²) >= 11 is 1.47. The maximum absolute atomic E-state index is 11.5. The smallest absolute Gasteiger partial charge is 0.319 e. The average Bonchev–Trinajstić information content (AvgIpc) is 3.90. The summed E-state index contributed by atoms with van der Waals surface area (Å²) in [6.45, 7) is 15.5. The lowest BCUT2D eigenvalue weighted by atomic mass is 10.1. The highest BCUT2D eigenvalue weighted by atomic mass is 32.1. The molecule has 0 spiro atoms. The fourth-order valence-electron chi connectivity index (χ4n) is 10.1. The summed E-state index contributed by atoms with van der Waals surface area (Å²) in [6.07, 6.45) is 5.02. The molecule has 0 aliphatic carbocycles. The van der Waals surface area contributed by atoms with Gasteiger partial charge in [0, 0.05) is 35.3 Å². The van der Waals surface area contributed by atoms with Gasteiger partial charge in [0.05, 0.1) is 4.88 Å². The van der Waals surface area contributed by atoms with Gasteiger partial charge >= 0.3 is 16.6 Å². The number of carbonyl (C=O) groups excluding carboxylic acids is 1. The molecule has 0 aliphatic rings. The Morgan fingerprint density at radius 3 is 1.24 bits per heavy atom. The third kappa shape index (κ3) is 11.5. The first kappa shape index (κ1) is 51.4. The predicted molar refractivity (Wildman–Crippen MR) is 315 cm³/mol. The molecule has 0 saturated heterocycles. The number of carbonyl (C=O) groups is 1. The molecule has 9 rings (SSSR count). The summed E-state index contributed by atoms with van der Waals surface area (Å²) < 4.78 is 21.6. The van der Waals surface area contributed by atoms with E-state index in [4.69, 9.17) is 13.6 Å². The summed E-state index contributed by atoms with van der Waals surface area (Å²) in [5.41, 5.74) is 5.33. The highest BCUT2D eigenvalue weighted by molar-refractivity contribution is 7.14. The van der Waals surface area contributed by atoms with Crippen LogP contribution in [0.3, 0.4) is 0 Å². The van der Waals surface area contributed by atoms with Crippen molar-refractivity contribution >= 4 is 72.8 Å². The highest BCUT2D eigenvalue weighted by Crippen LogP contribution is 2.40. The third-order valence-electron chi connectivity index (χ3n) is 13.8. The first-order valence-corrected chi connectivity index (χ1v) is 30.0. The van der Waals surface area contributed by atoms with Crippen LogP contribution >= 0.6 is 11.3 Å². The Morgan fingerprint density at radius 1 is 0.446 bits per heavy atom. The number of thiophene rings is 1. The molecule has 0 bridgehead atoms. The molecule has 8 heteroatoms. The normalized spacial score (nSPS) is 12.1. The number of anilines is 1. The van der Waals surface area contributed by atoms with Crippen molar-refractivity contribution in [3.8, 4) is 17.2 Å². The van der Waals surface area contributed by atoms with Gasteiger partial charge in [-0.05, 0) is 108 Å². The molecule has 0 aliphatic heterocycles. The van der Waals surface area contributed by atoms with Gasteiger partial charge in [0.15, 0.2) is 6.29 Å². The second-order valence-corrected chi connectivity index (χ2v) is 30.5. The van der Waals surface area contributed by atoms with Gasteiger partial charge < -0.3 is 18.5 Å². The minimum Gasteiger partial charge on any atom is -0.534 e. The molecule has 0 fully saturated rings. The third-order valence-corrected chi connectivity index (χ3v) is 24.6. The molecule has 8 aromatic carbocycles. The molecule has 1 heterocycles. The van der Waals surface area contributed by atoms with E-state index in [-0.39, 0.29) is 10.1 Å². The Kier molecular flexibility index (Phi) is 15.8. The molecule has 0 saturated carbocycles. The van der Waals surface area contributed by atoms with Gasteiger partial charge in [0.25, 0.3) is 0 Å². The van der Waals surface area contributed by atoms with Gasteiger partial charge in [-0.3, -0.25) is 4.79 Å². The van der Waals surface area contributed by atoms with Crippen LogP contribution in [0.1, 0.15) is 78.3 Å². The zero-order valence-corrected chi connectivity index (χ0v) is 46.1. The highest BCUT2D eigenvalue weighted by Gasteiger charge is 2.53. The quantitative estimate of drug-likeness (QED) is 0.0597. The van der Waals surface area contributed by atoms with Gasteiger partial charge in [-0.25, -0.2) is 0 Å². The van der Waals surface area contributed by atoms with E-state index < -0.39 is 16.6 Å². The molecular weight excluding hydrogens is 959 g/mol. The van der Waals surface area contributed by atoms with Crippen LogP contribution in [0.5, 0.6) is 17.2 Å². The molecule has 0 N–H and O–H groups in total. The van der Waals surface area contributed by atoms with E-state index in [0.717, 1.165) is 56.4 Å². The van der Waals surface area contributed by atoms with E-state index in [2.05, 4.69) is 253 Å². The number of hydrogen-bond donors (Lipinski definition) is 0. The Hall–Kier alpha value is -7.50. The second kappa shape index (κ2) is 22.7. The van der Waals surface area contributed by atoms with E-state index in [1.165, 1.54) is 32.1 Å². The van der Waals surface area contributed by atoms with Gasteiger partial charge in [-0.1, -0.05) is 217 Å². The van der Waals surface area contributed by atoms with E-state index in [9.17, 15) is 4.79 Å². The van der Waals surface area contributed by atoms with Crippen LogP contribution in [0.4, 0.5) is 5.69 Å². The van der Waals surface area contributed by atoms with Crippen molar-refractivity contribution in [3.63, 3.8) is 0 Å². The van der Waals surface area contributed by atoms with Crippen molar-refractivity contribution in [2.75, 3.05) is 4.90 Å². The molecule has 0 atom stereocenters. The van der Waals surface area contributed by atoms with Crippen LogP contribution in [0.2, 0.25) is 10.1 Å². The van der Waals surface area contributed by atoms with E-state index in [1.54, 1.807) is 0 Å². The largest absolute Gasteiger partial charge is 0.534 e. The summed E-state index contributed by atoms with van der Waals surface area (Å²) in [6, 6.07) is 81.1. The molecule has 1 aromatic heterocycles. The van der Waals surface area contributed by atoms with Crippen LogP contribution in [0, 0.1) is 0 Å². The first-order chi connectivity index (χ1) is 35.8. The van der Waals surface area contributed by atoms with Crippen LogP contribution in [-0.4, -0.2) is 22.9 Å². The van der Waals surface area contributed by atoms with E-state index in [1.807, 2.05) is 36.4 Å². The molecule has 9 aromatic rings. The number of rotatable bonds is 19. The topological polar surface area (TPSA) is 48.0 Å². The maximum Gasteiger partial charge on any atom is 0.319 e. The van der Waals surface area contributed by atoms with Gasteiger partial charge in [-0.15, -0.1) is 11.3 Å². The van der Waals surface area contributed by atoms with Crippen LogP contribution in [0.25, 0.3) is 12.2 Å². The fourth-order valence-corrected chi connectivity index (χ4v) is 19.6. The van der Waals surface area contributed by atoms with Gasteiger partial charge in [-0.2, -0.15) is 0 Å². The summed E-state index contributed by atoms with van der Waals surface area (Å²) in [7, 11) is -5.68. The van der Waals surface area contributed by atoms with Crippen molar-refractivity contribution in [1.82, 2.24) is 0 Å². The lowest BCUT2D eigenvalue weighted by Gasteiger charge is -2.43. The standard InChI is InChI=1S/C66H65NO4SSi2/c1-65(2,3)73(60-24-14-8-15-25-60,61-26-16-9-17-27-61)70-56-39-32-51(33-40-56)47-67(55-38-36-54(37-43-58-44-45-59(49-68)72-58)64(46-55)69-50-53-22-12-7-13-23-53)48-52-34-41-57(42-35-52)71-74(66(4,5)6,62-28-18-10-19-29-62)63-30-20-11-21-31-63/h7-46,49H,47-48,50H2,1-6H3. The number of benzene rings is 8. The number of aldehydes is 1. The number of ether oxygens (including phenoxy) is 1. The molecule has 5 nitrogen and oxygen atoms in total. The maximum atomic E-state index is 11.5. The zero-order chi connectivity index (χ0) is 51.6. The second-order valence-electron chi connectivity index (χ2n) is 20.9. The van der Waals surface area contributed by atoms with Crippen LogP contribution in [-0.2, 0) is 19.7 Å². The predicted octanol–water partition coefficient (Wildman–Crippen LogP) is 14.4. The van der Waals surface area contributed by atoms with Crippen molar-refractivity contribution in [3.05, 3.63) is 263 Å². The average molecular weight is 1020 g/mol. The van der Waals surface area contributed by atoms with Gasteiger partial charge in [0.1, 0.15) is 23.9 Å². The zero-order valence-electron chi connectivity index (χ0n) is 43.3. The Morgan fingerprint density at radius 2 is 0.851 bits per heavy atom. The molecule has 0 unspecified atom stereocenters. The first-order valence-electron chi connectivity index (χ1n) is 25.4. The molecule has 0 radical (unpaired) electrons. The van der Waals surface area contributed by atoms with Crippen LogP contribution in [0.15, 0.2) is 231 Å². The Labute approximate surface area is 444 Å². The van der Waals surface area contributed by atoms with E-state index in [0.29, 0.717) is 24.6 Å². The molecule has 74 heavy (non-hydrogen) atoms. The number of nitrogens with zero attached hydrogens (tertiary/aromatic N) is 1. The van der Waals surface area contributed by atoms with Crippen molar-refractivity contribution in [2.24, 2.45) is 0 Å². The van der Waals surface area contributed by atoms with Crippen molar-refractivity contribution in [2.45, 2.75) is 71.3 Å². The van der Waals surface area contributed by atoms with Gasteiger partial charge in [0.2, 0.25) is 0 Å². The monoisotopic (exact) mass is 1020 g/mol. The minimum atomic E-state index is -2.84. The summed E-state index contributed by atoms with van der Waals surface area (Å²) in [4.78, 5) is 15.6. The SMILES string of the molecule is CC(C)(C)[Si](Oc1ccc(CN(Cc2ccc(O[Si](c3ccccc3)(c3ccccc3)C(C)(C)C)cc2)c2ccc(C=Cc3ccc(C=O)s3)c(OCc3ccccc3)c2)cc1)(c1ccccc1)c1ccccc1. The summed E-state index contributed by atoms with van der Waals surface area (Å²) in [5, 5.41) is 4.61. The van der Waals surface area contributed by atoms with Crippen molar-refractivity contribution < 1.29 is 18.4 Å². The fraction of sp³-hybridized carbons (Fsp3) is 0.167. The lowest BCUT2D eigenvalue weighted by Crippen LogP contribution is -2.68.